The van der Waals surface area contributed by atoms with Crippen LogP contribution in [-0.4, -0.2) is 22.0 Å². The number of amides is 2. The van der Waals surface area contributed by atoms with Gasteiger partial charge >= 0.3 is 6.03 Å². The molecule has 3 aliphatic rings. The van der Waals surface area contributed by atoms with E-state index in [9.17, 15) is 10.1 Å². The topological polar surface area (TPSA) is 94.8 Å². The van der Waals surface area contributed by atoms with Gasteiger partial charge in [0, 0.05) is 17.3 Å². The normalized spacial score (nSPS) is 24.1. The number of aromatic nitrogens is 2. The third kappa shape index (κ3) is 2.54. The summed E-state index contributed by atoms with van der Waals surface area (Å²) in [5.41, 5.74) is 2.64. The van der Waals surface area contributed by atoms with Gasteiger partial charge in [0.05, 0.1) is 30.4 Å². The van der Waals surface area contributed by atoms with Gasteiger partial charge < -0.3 is 16.0 Å². The first-order chi connectivity index (χ1) is 11.8. The van der Waals surface area contributed by atoms with Gasteiger partial charge in [-0.15, -0.1) is 0 Å². The first-order valence-electron chi connectivity index (χ1n) is 8.42. The van der Waals surface area contributed by atoms with Crippen LogP contribution in [0.1, 0.15) is 43.7 Å². The molecule has 2 atom stereocenters. The van der Waals surface area contributed by atoms with Crippen molar-refractivity contribution in [3.63, 3.8) is 0 Å². The quantitative estimate of drug-likeness (QED) is 0.789. The van der Waals surface area contributed by atoms with E-state index in [4.69, 9.17) is 0 Å². The largest absolute Gasteiger partial charge is 0.367 e. The minimum Gasteiger partial charge on any atom is -0.367 e. The van der Waals surface area contributed by atoms with E-state index in [-0.39, 0.29) is 18.2 Å². The Labute approximate surface area is 140 Å². The van der Waals surface area contributed by atoms with E-state index >= 15 is 0 Å². The number of fused-ring (bicyclic) bond motifs is 1. The zero-order valence-electron chi connectivity index (χ0n) is 13.3. The molecule has 4 rings (SSSR count). The predicted molar refractivity (Wildman–Crippen MR) is 88.1 cm³/mol. The third-order valence-electron chi connectivity index (χ3n) is 5.11. The van der Waals surface area contributed by atoms with Crippen LogP contribution in [-0.2, 0) is 0 Å². The molecule has 0 bridgehead atoms. The zero-order valence-corrected chi connectivity index (χ0v) is 13.3. The molecule has 2 amide bonds. The van der Waals surface area contributed by atoms with Crippen LogP contribution in [0.25, 0.3) is 5.70 Å². The highest BCUT2D eigenvalue weighted by atomic mass is 16.2. The Balaban J connectivity index is 1.65. The maximum Gasteiger partial charge on any atom is 0.321 e. The molecule has 124 valence electrons. The summed E-state index contributed by atoms with van der Waals surface area (Å²) in [6, 6.07) is 2.19. The summed E-state index contributed by atoms with van der Waals surface area (Å²) in [5, 5.41) is 22.5. The second kappa shape index (κ2) is 6.04. The van der Waals surface area contributed by atoms with Crippen molar-refractivity contribution in [1.29, 1.82) is 5.26 Å². The molecule has 2 unspecified atom stereocenters. The lowest BCUT2D eigenvalue weighted by Crippen LogP contribution is -2.51. The smallest absolute Gasteiger partial charge is 0.321 e. The van der Waals surface area contributed by atoms with Gasteiger partial charge in [0.15, 0.2) is 0 Å². The standard InChI is InChI=1S/C17H20N6O/c18-7-5-14(11-3-1-2-4-11)23-10-12(9-20-23)15-13-6-8-19-16(13)22-17(24)21-15/h6,8-11,14,16,19H,1-5H2,(H2,21,22,24). The van der Waals surface area contributed by atoms with Crippen LogP contribution in [0.4, 0.5) is 4.79 Å². The monoisotopic (exact) mass is 324 g/mol. The van der Waals surface area contributed by atoms with Crippen LogP contribution in [0.2, 0.25) is 0 Å². The van der Waals surface area contributed by atoms with Crippen LogP contribution in [0.5, 0.6) is 0 Å². The van der Waals surface area contributed by atoms with Crippen LogP contribution in [0, 0.1) is 17.2 Å². The molecule has 3 heterocycles. The van der Waals surface area contributed by atoms with Gasteiger partial charge in [-0.05, 0) is 31.0 Å². The van der Waals surface area contributed by atoms with Crippen molar-refractivity contribution < 1.29 is 4.79 Å². The number of nitrogens with one attached hydrogen (secondary N) is 3. The SMILES string of the molecule is N#CCC(C1CCCC1)n1cc(C2=C3C=CNC3NC(=O)N2)cn1. The molecule has 7 nitrogen and oxygen atoms in total. The molecule has 1 fully saturated rings. The van der Waals surface area contributed by atoms with Gasteiger partial charge in [-0.1, -0.05) is 12.8 Å². The summed E-state index contributed by atoms with van der Waals surface area (Å²) in [6.07, 6.45) is 12.6. The molecule has 1 aromatic rings. The average molecular weight is 324 g/mol. The molecule has 0 radical (unpaired) electrons. The second-order valence-corrected chi connectivity index (χ2v) is 6.54. The Bertz CT molecular complexity index is 749. The van der Waals surface area contributed by atoms with Crippen molar-refractivity contribution in [3.8, 4) is 6.07 Å². The first-order valence-corrected chi connectivity index (χ1v) is 8.42. The summed E-state index contributed by atoms with van der Waals surface area (Å²) in [7, 11) is 0. The van der Waals surface area contributed by atoms with E-state index in [1.807, 2.05) is 23.2 Å². The van der Waals surface area contributed by atoms with E-state index < -0.39 is 0 Å². The van der Waals surface area contributed by atoms with E-state index in [0.29, 0.717) is 12.3 Å². The van der Waals surface area contributed by atoms with Crippen molar-refractivity contribution in [2.45, 2.75) is 44.3 Å². The van der Waals surface area contributed by atoms with Gasteiger partial charge in [-0.2, -0.15) is 10.4 Å². The van der Waals surface area contributed by atoms with Crippen LogP contribution < -0.4 is 16.0 Å². The Kier molecular flexibility index (Phi) is 3.73. The molecule has 1 saturated carbocycles. The van der Waals surface area contributed by atoms with Crippen LogP contribution >= 0.6 is 0 Å². The molecule has 24 heavy (non-hydrogen) atoms. The Hall–Kier alpha value is -2.75. The van der Waals surface area contributed by atoms with Crippen LogP contribution in [0.15, 0.2) is 30.2 Å². The lowest BCUT2D eigenvalue weighted by atomic mass is 9.96. The Morgan fingerprint density at radius 2 is 2.25 bits per heavy atom. The molecule has 7 heteroatoms. The third-order valence-corrected chi connectivity index (χ3v) is 5.11. The Morgan fingerprint density at radius 1 is 1.42 bits per heavy atom. The molecule has 3 N–H and O–H groups in total. The van der Waals surface area contributed by atoms with Crippen molar-refractivity contribution in [2.24, 2.45) is 5.92 Å². The summed E-state index contributed by atoms with van der Waals surface area (Å²) < 4.78 is 1.91. The highest BCUT2D eigenvalue weighted by Crippen LogP contribution is 2.36. The maximum atomic E-state index is 11.8. The fourth-order valence-corrected chi connectivity index (χ4v) is 3.92. The lowest BCUT2D eigenvalue weighted by Gasteiger charge is -2.25. The van der Waals surface area contributed by atoms with Crippen LogP contribution in [0.3, 0.4) is 0 Å². The van der Waals surface area contributed by atoms with Gasteiger partial charge in [0.25, 0.3) is 0 Å². The minimum absolute atomic E-state index is 0.113. The van der Waals surface area contributed by atoms with Crippen molar-refractivity contribution >= 4 is 11.7 Å². The summed E-state index contributed by atoms with van der Waals surface area (Å²) in [6.45, 7) is 0. The molecule has 0 aromatic carbocycles. The summed E-state index contributed by atoms with van der Waals surface area (Å²) in [4.78, 5) is 11.8. The predicted octanol–water partition coefficient (Wildman–Crippen LogP) is 1.99. The number of urea groups is 1. The number of nitrogens with zero attached hydrogens (tertiary/aromatic N) is 3. The molecule has 1 aromatic heterocycles. The molecule has 1 aliphatic carbocycles. The van der Waals surface area contributed by atoms with Gasteiger partial charge in [-0.25, -0.2) is 4.79 Å². The fourth-order valence-electron chi connectivity index (χ4n) is 3.92. The number of carbonyl (C=O) groups excluding carboxylic acids is 1. The number of nitriles is 1. The second-order valence-electron chi connectivity index (χ2n) is 6.54. The molecule has 0 saturated heterocycles. The van der Waals surface area contributed by atoms with Crippen molar-refractivity contribution in [3.05, 3.63) is 35.8 Å². The molecule has 2 aliphatic heterocycles. The van der Waals surface area contributed by atoms with Gasteiger partial charge in [0.2, 0.25) is 0 Å². The molecule has 0 spiro atoms. The lowest BCUT2D eigenvalue weighted by molar-refractivity contribution is 0.240. The first kappa shape index (κ1) is 14.8. The van der Waals surface area contributed by atoms with E-state index in [1.165, 1.54) is 12.8 Å². The number of carbonyl (C=O) groups is 1. The summed E-state index contributed by atoms with van der Waals surface area (Å²) in [5.74, 6) is 0.512. The summed E-state index contributed by atoms with van der Waals surface area (Å²) >= 11 is 0. The highest BCUT2D eigenvalue weighted by Gasteiger charge is 2.30. The van der Waals surface area contributed by atoms with E-state index in [0.717, 1.165) is 29.7 Å². The Morgan fingerprint density at radius 3 is 3.04 bits per heavy atom. The zero-order chi connectivity index (χ0) is 16.5. The van der Waals surface area contributed by atoms with E-state index in [2.05, 4.69) is 27.1 Å². The number of hydrogen-bond donors (Lipinski definition) is 3. The van der Waals surface area contributed by atoms with Gasteiger partial charge in [-0.3, -0.25) is 4.68 Å². The van der Waals surface area contributed by atoms with E-state index in [1.54, 1.807) is 6.20 Å². The number of hydrogen-bond acceptors (Lipinski definition) is 4. The molecular weight excluding hydrogens is 304 g/mol. The minimum atomic E-state index is -0.230. The highest BCUT2D eigenvalue weighted by molar-refractivity contribution is 5.91. The maximum absolute atomic E-state index is 11.8. The average Bonchev–Trinajstić information content (AvgIpc) is 3.31. The van der Waals surface area contributed by atoms with Crippen molar-refractivity contribution in [2.75, 3.05) is 0 Å². The fraction of sp³-hybridized carbons (Fsp3) is 0.471. The number of rotatable bonds is 4. The van der Waals surface area contributed by atoms with Crippen molar-refractivity contribution in [1.82, 2.24) is 25.7 Å². The van der Waals surface area contributed by atoms with Gasteiger partial charge in [0.1, 0.15) is 6.17 Å². The molecular formula is C17H20N6O.